The lowest BCUT2D eigenvalue weighted by Crippen LogP contribution is -2.07. The molecular formula is C12H6ClN3O2S. The molecule has 7 heteroatoms. The summed E-state index contributed by atoms with van der Waals surface area (Å²) in [4.78, 5) is 15.9. The number of fused-ring (bicyclic) bond motifs is 1. The molecule has 0 aliphatic heterocycles. The number of halogens is 1. The van der Waals surface area contributed by atoms with Crippen molar-refractivity contribution in [3.05, 3.63) is 50.8 Å². The zero-order valence-electron chi connectivity index (χ0n) is 9.41. The van der Waals surface area contributed by atoms with Crippen molar-refractivity contribution in [3.63, 3.8) is 0 Å². The zero-order valence-corrected chi connectivity index (χ0v) is 11.0. The second-order valence-electron chi connectivity index (χ2n) is 3.59. The van der Waals surface area contributed by atoms with Crippen molar-refractivity contribution in [2.75, 3.05) is 0 Å². The van der Waals surface area contributed by atoms with E-state index in [1.807, 2.05) is 6.07 Å². The summed E-state index contributed by atoms with van der Waals surface area (Å²) in [6.07, 6.45) is 1.35. The lowest BCUT2D eigenvalue weighted by Gasteiger charge is -2.01. The molecule has 0 amide bonds. The Hall–Kier alpha value is -2.05. The third kappa shape index (κ3) is 2.27. The van der Waals surface area contributed by atoms with Crippen molar-refractivity contribution < 1.29 is 4.42 Å². The van der Waals surface area contributed by atoms with Gasteiger partial charge in [-0.1, -0.05) is 35.1 Å². The van der Waals surface area contributed by atoms with E-state index in [2.05, 4.69) is 15.2 Å². The maximum Gasteiger partial charge on any atom is 0.346 e. The molecule has 94 valence electrons. The van der Waals surface area contributed by atoms with E-state index in [1.165, 1.54) is 17.6 Å². The molecule has 3 rings (SSSR count). The first-order valence-electron chi connectivity index (χ1n) is 5.27. The number of hydrogen-bond acceptors (Lipinski definition) is 6. The van der Waals surface area contributed by atoms with E-state index in [1.54, 1.807) is 23.7 Å². The van der Waals surface area contributed by atoms with Crippen LogP contribution in [0.4, 0.5) is 5.13 Å². The largest absolute Gasteiger partial charge is 0.422 e. The monoisotopic (exact) mass is 291 g/mol. The molecule has 0 saturated carbocycles. The maximum atomic E-state index is 11.8. The van der Waals surface area contributed by atoms with Crippen LogP contribution in [0.25, 0.3) is 11.0 Å². The fraction of sp³-hybridized carbons (Fsp3) is 0. The van der Waals surface area contributed by atoms with E-state index >= 15 is 0 Å². The molecule has 0 radical (unpaired) electrons. The topological polar surface area (TPSA) is 68.3 Å². The van der Waals surface area contributed by atoms with Crippen LogP contribution in [0.15, 0.2) is 44.0 Å². The quantitative estimate of drug-likeness (QED) is 0.537. The van der Waals surface area contributed by atoms with Gasteiger partial charge < -0.3 is 4.42 Å². The van der Waals surface area contributed by atoms with E-state index < -0.39 is 5.63 Å². The Labute approximate surface area is 116 Å². The second kappa shape index (κ2) is 4.91. The van der Waals surface area contributed by atoms with Crippen molar-refractivity contribution in [2.24, 2.45) is 4.99 Å². The Morgan fingerprint density at radius 2 is 2.21 bits per heavy atom. The highest BCUT2D eigenvalue weighted by molar-refractivity contribution is 7.13. The fourth-order valence-electron chi connectivity index (χ4n) is 1.58. The van der Waals surface area contributed by atoms with Gasteiger partial charge in [0.25, 0.3) is 0 Å². The van der Waals surface area contributed by atoms with Crippen LogP contribution in [-0.4, -0.2) is 16.4 Å². The molecule has 2 aromatic heterocycles. The minimum Gasteiger partial charge on any atom is -0.422 e. The number of rotatable bonds is 2. The fourth-order valence-corrected chi connectivity index (χ4v) is 2.26. The molecule has 2 heterocycles. The molecule has 0 spiro atoms. The Balaban J connectivity index is 2.16. The molecule has 0 aliphatic rings. The first kappa shape index (κ1) is 12.0. The maximum absolute atomic E-state index is 11.8. The van der Waals surface area contributed by atoms with Crippen molar-refractivity contribution >= 4 is 45.3 Å². The van der Waals surface area contributed by atoms with Gasteiger partial charge in [0, 0.05) is 11.6 Å². The predicted molar refractivity (Wildman–Crippen MR) is 74.7 cm³/mol. The molecule has 19 heavy (non-hydrogen) atoms. The van der Waals surface area contributed by atoms with Gasteiger partial charge in [-0.25, -0.2) is 9.79 Å². The molecule has 0 bridgehead atoms. The van der Waals surface area contributed by atoms with Crippen LogP contribution in [0.1, 0.15) is 5.56 Å². The summed E-state index contributed by atoms with van der Waals surface area (Å²) in [5.41, 5.74) is 1.68. The van der Waals surface area contributed by atoms with Gasteiger partial charge in [-0.2, -0.15) is 0 Å². The van der Waals surface area contributed by atoms with Crippen molar-refractivity contribution in [1.29, 1.82) is 0 Å². The van der Waals surface area contributed by atoms with Gasteiger partial charge in [-0.15, -0.1) is 10.2 Å². The summed E-state index contributed by atoms with van der Waals surface area (Å²) in [7, 11) is 0. The number of benzene rings is 1. The van der Waals surface area contributed by atoms with Crippen LogP contribution in [0.3, 0.4) is 0 Å². The standard InChI is InChI=1S/C12H6ClN3O2S/c13-10-7-3-1-2-4-9(7)18-11(17)8(10)5-14-12-16-15-6-19-12/h1-6H. The SMILES string of the molecule is O=c1oc2ccccc2c(Cl)c1C=Nc1nncs1. The molecular weight excluding hydrogens is 286 g/mol. The molecule has 0 N–H and O–H groups in total. The van der Waals surface area contributed by atoms with Gasteiger partial charge in [0.05, 0.1) is 10.6 Å². The van der Waals surface area contributed by atoms with Gasteiger partial charge in [0.2, 0.25) is 5.13 Å². The summed E-state index contributed by atoms with van der Waals surface area (Å²) in [6.45, 7) is 0. The third-order valence-electron chi connectivity index (χ3n) is 2.44. The summed E-state index contributed by atoms with van der Waals surface area (Å²) in [5.74, 6) is 0. The van der Waals surface area contributed by atoms with Crippen LogP contribution < -0.4 is 5.63 Å². The highest BCUT2D eigenvalue weighted by Crippen LogP contribution is 2.24. The average molecular weight is 292 g/mol. The van der Waals surface area contributed by atoms with Crippen molar-refractivity contribution in [2.45, 2.75) is 0 Å². The van der Waals surface area contributed by atoms with E-state index in [9.17, 15) is 4.79 Å². The number of para-hydroxylation sites is 1. The van der Waals surface area contributed by atoms with E-state index in [0.717, 1.165) is 0 Å². The summed E-state index contributed by atoms with van der Waals surface area (Å²) < 4.78 is 5.18. The van der Waals surface area contributed by atoms with Crippen molar-refractivity contribution in [3.8, 4) is 0 Å². The van der Waals surface area contributed by atoms with Gasteiger partial charge in [0.1, 0.15) is 11.1 Å². The first-order chi connectivity index (χ1) is 9.25. The second-order valence-corrected chi connectivity index (χ2v) is 4.78. The molecule has 0 unspecified atom stereocenters. The molecule has 0 aliphatic carbocycles. The smallest absolute Gasteiger partial charge is 0.346 e. The van der Waals surface area contributed by atoms with Gasteiger partial charge in [-0.05, 0) is 12.1 Å². The lowest BCUT2D eigenvalue weighted by atomic mass is 10.2. The highest BCUT2D eigenvalue weighted by Gasteiger charge is 2.10. The highest BCUT2D eigenvalue weighted by atomic mass is 35.5. The van der Waals surface area contributed by atoms with Crippen molar-refractivity contribution in [1.82, 2.24) is 10.2 Å². The Morgan fingerprint density at radius 3 is 3.00 bits per heavy atom. The summed E-state index contributed by atoms with van der Waals surface area (Å²) in [6, 6.07) is 7.06. The number of aliphatic imine (C=N–C) groups is 1. The van der Waals surface area contributed by atoms with E-state index in [4.69, 9.17) is 16.0 Å². The van der Waals surface area contributed by atoms with Crippen LogP contribution in [0, 0.1) is 0 Å². The normalized spacial score (nSPS) is 11.4. The van der Waals surface area contributed by atoms with Crippen LogP contribution in [-0.2, 0) is 0 Å². The number of aromatic nitrogens is 2. The summed E-state index contributed by atoms with van der Waals surface area (Å²) >= 11 is 7.46. The van der Waals surface area contributed by atoms with E-state index in [-0.39, 0.29) is 5.56 Å². The molecule has 0 saturated heterocycles. The molecule has 0 atom stereocenters. The Kier molecular flexibility index (Phi) is 3.10. The molecule has 1 aromatic carbocycles. The molecule has 3 aromatic rings. The first-order valence-corrected chi connectivity index (χ1v) is 6.53. The van der Waals surface area contributed by atoms with Gasteiger partial charge in [-0.3, -0.25) is 0 Å². The lowest BCUT2D eigenvalue weighted by molar-refractivity contribution is 0.560. The molecule has 0 fully saturated rings. The predicted octanol–water partition coefficient (Wildman–Crippen LogP) is 3.05. The number of nitrogens with zero attached hydrogens (tertiary/aromatic N) is 3. The van der Waals surface area contributed by atoms with Crippen LogP contribution in [0.2, 0.25) is 5.02 Å². The average Bonchev–Trinajstić information content (AvgIpc) is 2.92. The van der Waals surface area contributed by atoms with Gasteiger partial charge in [0.15, 0.2) is 0 Å². The minimum absolute atomic E-state index is 0.204. The Morgan fingerprint density at radius 1 is 1.37 bits per heavy atom. The number of hydrogen-bond donors (Lipinski definition) is 0. The third-order valence-corrected chi connectivity index (χ3v) is 3.44. The van der Waals surface area contributed by atoms with E-state index in [0.29, 0.717) is 21.1 Å². The minimum atomic E-state index is -0.531. The van der Waals surface area contributed by atoms with Crippen LogP contribution >= 0.6 is 22.9 Å². The summed E-state index contributed by atoms with van der Waals surface area (Å²) in [5, 5.41) is 8.83. The zero-order chi connectivity index (χ0) is 13.2. The van der Waals surface area contributed by atoms with Crippen LogP contribution in [0.5, 0.6) is 0 Å². The van der Waals surface area contributed by atoms with Gasteiger partial charge >= 0.3 is 5.63 Å². The Bertz CT molecular complexity index is 811. The molecule has 5 nitrogen and oxygen atoms in total.